The lowest BCUT2D eigenvalue weighted by Crippen LogP contribution is -2.69. The molecule has 0 radical (unpaired) electrons. The molecule has 1 aromatic heterocycles. The summed E-state index contributed by atoms with van der Waals surface area (Å²) in [5.41, 5.74) is -4.84. The van der Waals surface area contributed by atoms with Gasteiger partial charge in [0.05, 0.1) is 17.0 Å². The topological polar surface area (TPSA) is 87.1 Å². The van der Waals surface area contributed by atoms with Gasteiger partial charge in [-0.05, 0) is 62.8 Å². The first-order valence-electron chi connectivity index (χ1n) is 12.2. The van der Waals surface area contributed by atoms with E-state index in [0.29, 0.717) is 36.7 Å². The van der Waals surface area contributed by atoms with Crippen molar-refractivity contribution in [3.8, 4) is 0 Å². The molecule has 8 atom stereocenters. The molecular weight excluding hydrogens is 493 g/mol. The zero-order chi connectivity index (χ0) is 25.0. The van der Waals surface area contributed by atoms with E-state index in [-0.39, 0.29) is 24.0 Å². The van der Waals surface area contributed by atoms with Gasteiger partial charge in [0, 0.05) is 34.1 Å². The fourth-order valence-corrected chi connectivity index (χ4v) is 9.49. The molecule has 0 spiro atoms. The number of halogens is 2. The Labute approximate surface area is 212 Å². The molecule has 35 heavy (non-hydrogen) atoms. The van der Waals surface area contributed by atoms with Crippen molar-refractivity contribution in [2.24, 2.45) is 28.6 Å². The number of rotatable bonds is 3. The van der Waals surface area contributed by atoms with E-state index in [1.165, 1.54) is 23.5 Å². The number of hydroxylamine groups is 2. The van der Waals surface area contributed by atoms with Gasteiger partial charge in [0.25, 0.3) is 0 Å². The Bertz CT molecular complexity index is 1180. The van der Waals surface area contributed by atoms with Gasteiger partial charge in [-0.3, -0.25) is 9.63 Å². The van der Waals surface area contributed by atoms with Gasteiger partial charge < -0.3 is 10.2 Å². The number of allylic oxidation sites excluding steroid dienone is 4. The van der Waals surface area contributed by atoms with Crippen LogP contribution in [0.4, 0.5) is 4.39 Å². The van der Waals surface area contributed by atoms with Gasteiger partial charge in [0.1, 0.15) is 0 Å². The lowest BCUT2D eigenvalue weighted by molar-refractivity contribution is -0.274. The molecule has 5 aliphatic rings. The fourth-order valence-electron chi connectivity index (χ4n) is 8.39. The van der Waals surface area contributed by atoms with E-state index in [1.54, 1.807) is 24.1 Å². The Morgan fingerprint density at radius 1 is 1.34 bits per heavy atom. The van der Waals surface area contributed by atoms with Crippen LogP contribution in [0, 0.1) is 28.6 Å². The number of thiophene rings is 1. The maximum Gasteiger partial charge on any atom is 0.339 e. The van der Waals surface area contributed by atoms with Crippen LogP contribution in [0.15, 0.2) is 35.9 Å². The van der Waals surface area contributed by atoms with Gasteiger partial charge in [-0.1, -0.05) is 30.2 Å². The molecule has 6 rings (SSSR count). The summed E-state index contributed by atoms with van der Waals surface area (Å²) in [6.07, 6.45) is 4.67. The third-order valence-corrected chi connectivity index (χ3v) is 11.2. The van der Waals surface area contributed by atoms with Crippen LogP contribution < -0.4 is 0 Å². The highest BCUT2D eigenvalue weighted by Gasteiger charge is 2.79. The lowest BCUT2D eigenvalue weighted by Gasteiger charge is -2.62. The van der Waals surface area contributed by atoms with Crippen LogP contribution in [0.3, 0.4) is 0 Å². The molecule has 0 amide bonds. The van der Waals surface area contributed by atoms with Crippen molar-refractivity contribution in [2.75, 3.05) is 6.54 Å². The molecular formula is C26H29ClFNO5S. The maximum absolute atomic E-state index is 17.3. The highest BCUT2D eigenvalue weighted by Crippen LogP contribution is 2.72. The number of carboxylic acid groups (broad SMARTS) is 1. The molecule has 1 aliphatic heterocycles. The van der Waals surface area contributed by atoms with Gasteiger partial charge in [-0.15, -0.1) is 11.3 Å². The Morgan fingerprint density at radius 3 is 2.80 bits per heavy atom. The Morgan fingerprint density at radius 2 is 2.11 bits per heavy atom. The minimum atomic E-state index is -1.98. The van der Waals surface area contributed by atoms with Crippen molar-refractivity contribution in [3.05, 3.63) is 45.1 Å². The van der Waals surface area contributed by atoms with Crippen molar-refractivity contribution in [1.82, 2.24) is 5.06 Å². The molecule has 1 aromatic rings. The van der Waals surface area contributed by atoms with E-state index in [9.17, 15) is 19.8 Å². The molecule has 2 heterocycles. The van der Waals surface area contributed by atoms with Crippen LogP contribution in [0.25, 0.3) is 0 Å². The number of hydrogen-bond acceptors (Lipinski definition) is 6. The van der Waals surface area contributed by atoms with Gasteiger partial charge in [-0.2, -0.15) is 5.06 Å². The summed E-state index contributed by atoms with van der Waals surface area (Å²) in [5.74, 6) is -2.34. The Kier molecular flexibility index (Phi) is 5.08. The van der Waals surface area contributed by atoms with Crippen molar-refractivity contribution < 1.29 is 29.0 Å². The summed E-state index contributed by atoms with van der Waals surface area (Å²) in [4.78, 5) is 32.2. The van der Waals surface area contributed by atoms with Crippen LogP contribution in [-0.2, 0) is 21.0 Å². The first kappa shape index (κ1) is 23.8. The second-order valence-corrected chi connectivity index (χ2v) is 13.2. The molecule has 3 saturated carbocycles. The Hall–Kier alpha value is -1.58. The minimum Gasteiger partial charge on any atom is -0.479 e. The number of aliphatic carboxylic acids is 1. The molecule has 2 N–H and O–H groups in total. The molecule has 4 aliphatic carbocycles. The molecule has 6 nitrogen and oxygen atoms in total. The van der Waals surface area contributed by atoms with Gasteiger partial charge >= 0.3 is 5.97 Å². The first-order valence-corrected chi connectivity index (χ1v) is 13.4. The number of hydrogen-bond donors (Lipinski definition) is 2. The summed E-state index contributed by atoms with van der Waals surface area (Å²) in [7, 11) is 0. The number of carbonyl (C=O) groups is 2. The third-order valence-electron chi connectivity index (χ3n) is 9.97. The number of ketones is 1. The van der Waals surface area contributed by atoms with E-state index < -0.39 is 40.1 Å². The highest BCUT2D eigenvalue weighted by atomic mass is 35.5. The summed E-state index contributed by atoms with van der Waals surface area (Å²) < 4.78 is 17.9. The standard InChI is InChI=1S/C26H29ClFNO5S/c1-23-8-7-16(30)9-14(23)3-5-18-19-10-15-12-29(13-17-4-6-21(27)35-17)34-26(15,22(32)33)24(19,2)11-20(31)25(18,23)28/h4,6-9,15,18-20,31H,3,5,10-13H2,1-2H3,(H,32,33)/t15-,18-,19-,20-,23-,24-,25-,26-/m0/s1. The van der Waals surface area contributed by atoms with E-state index >= 15 is 4.39 Å². The number of aliphatic hydroxyl groups excluding tert-OH is 1. The normalized spacial score (nSPS) is 46.5. The average Bonchev–Trinajstić information content (AvgIpc) is 3.43. The molecule has 0 aromatic carbocycles. The number of carbonyl (C=O) groups excluding carboxylic acids is 1. The van der Waals surface area contributed by atoms with Crippen LogP contribution in [0.2, 0.25) is 4.34 Å². The number of fused-ring (bicyclic) bond motifs is 7. The lowest BCUT2D eigenvalue weighted by atomic mass is 9.45. The van der Waals surface area contributed by atoms with Crippen molar-refractivity contribution in [2.45, 2.75) is 63.4 Å². The van der Waals surface area contributed by atoms with Crippen LogP contribution >= 0.6 is 22.9 Å². The van der Waals surface area contributed by atoms with Crippen molar-refractivity contribution in [1.29, 1.82) is 0 Å². The summed E-state index contributed by atoms with van der Waals surface area (Å²) in [5, 5.41) is 23.7. The van der Waals surface area contributed by atoms with Crippen LogP contribution in [-0.4, -0.2) is 50.9 Å². The molecule has 0 unspecified atom stereocenters. The van der Waals surface area contributed by atoms with Gasteiger partial charge in [-0.25, -0.2) is 9.18 Å². The molecule has 0 bridgehead atoms. The predicted octanol–water partition coefficient (Wildman–Crippen LogP) is 4.57. The van der Waals surface area contributed by atoms with Crippen molar-refractivity contribution >= 4 is 34.7 Å². The summed E-state index contributed by atoms with van der Waals surface area (Å²) in [6.45, 7) is 4.49. The predicted molar refractivity (Wildman–Crippen MR) is 128 cm³/mol. The first-order chi connectivity index (χ1) is 16.5. The summed E-state index contributed by atoms with van der Waals surface area (Å²) in [6, 6.07) is 3.71. The fraction of sp³-hybridized carbons (Fsp3) is 0.615. The number of alkyl halides is 1. The minimum absolute atomic E-state index is 0.0171. The monoisotopic (exact) mass is 521 g/mol. The van der Waals surface area contributed by atoms with Crippen molar-refractivity contribution in [3.63, 3.8) is 0 Å². The van der Waals surface area contributed by atoms with E-state index in [4.69, 9.17) is 16.4 Å². The highest BCUT2D eigenvalue weighted by molar-refractivity contribution is 7.16. The smallest absolute Gasteiger partial charge is 0.339 e. The zero-order valence-corrected chi connectivity index (χ0v) is 21.2. The van der Waals surface area contributed by atoms with E-state index in [2.05, 4.69) is 0 Å². The molecule has 4 fully saturated rings. The second kappa shape index (κ2) is 7.48. The third kappa shape index (κ3) is 2.86. The zero-order valence-electron chi connectivity index (χ0n) is 19.7. The average molecular weight is 522 g/mol. The quantitative estimate of drug-likeness (QED) is 0.606. The molecule has 9 heteroatoms. The Balaban J connectivity index is 1.37. The van der Waals surface area contributed by atoms with Crippen LogP contribution in [0.1, 0.15) is 44.4 Å². The second-order valence-electron chi connectivity index (χ2n) is 11.4. The number of carboxylic acids is 1. The maximum atomic E-state index is 17.3. The number of nitrogens with zero attached hydrogens (tertiary/aromatic N) is 1. The SMILES string of the molecule is C[C@]12C=CC(=O)C=C1CC[C@H]1[C@@H]3C[C@H]4CN(Cc5ccc(Cl)s5)O[C@@]4(C(=O)O)[C@@]3(C)C[C@H](O)[C@@]12F. The largest absolute Gasteiger partial charge is 0.479 e. The van der Waals surface area contributed by atoms with Crippen LogP contribution in [0.5, 0.6) is 0 Å². The number of aliphatic hydroxyl groups is 1. The molecule has 188 valence electrons. The summed E-state index contributed by atoms with van der Waals surface area (Å²) >= 11 is 7.50. The van der Waals surface area contributed by atoms with E-state index in [1.807, 2.05) is 13.0 Å². The molecule has 1 saturated heterocycles. The van der Waals surface area contributed by atoms with E-state index in [0.717, 1.165) is 10.5 Å². The van der Waals surface area contributed by atoms with Gasteiger partial charge in [0.15, 0.2) is 17.1 Å². The van der Waals surface area contributed by atoms with Gasteiger partial charge in [0.2, 0.25) is 0 Å².